The van der Waals surface area contributed by atoms with Crippen molar-refractivity contribution in [3.05, 3.63) is 83.4 Å². The molecule has 212 valence electrons. The molecule has 2 fully saturated rings. The number of ether oxygens (including phenoxy) is 2. The van der Waals surface area contributed by atoms with Gasteiger partial charge in [-0.05, 0) is 29.5 Å². The SMILES string of the molecule is C=CCN(CC1OC(c2ccc(CNC(=O)C(Cl)(Cl)Cl)cc2)OC(c2ccc(CO)cc2)C1C)C1CCCC1. The number of aliphatic hydroxyl groups is 1. The average molecular weight is 596 g/mol. The Balaban J connectivity index is 1.54. The number of nitrogens with one attached hydrogen (secondary N) is 1. The lowest BCUT2D eigenvalue weighted by molar-refractivity contribution is -0.276. The molecule has 2 aromatic carbocycles. The summed E-state index contributed by atoms with van der Waals surface area (Å²) in [6.45, 7) is 8.04. The predicted molar refractivity (Wildman–Crippen MR) is 156 cm³/mol. The van der Waals surface area contributed by atoms with E-state index >= 15 is 0 Å². The maximum atomic E-state index is 11.9. The first-order chi connectivity index (χ1) is 18.7. The van der Waals surface area contributed by atoms with Crippen LogP contribution >= 0.6 is 34.8 Å². The lowest BCUT2D eigenvalue weighted by Crippen LogP contribution is -2.47. The fraction of sp³-hybridized carbons (Fsp3) is 0.500. The highest BCUT2D eigenvalue weighted by Crippen LogP contribution is 2.42. The molecular formula is C30H37Cl3N2O4. The molecule has 2 aromatic rings. The minimum atomic E-state index is -2.00. The van der Waals surface area contributed by atoms with Gasteiger partial charge in [0.15, 0.2) is 6.29 Å². The summed E-state index contributed by atoms with van der Waals surface area (Å²) in [5, 5.41) is 12.1. The molecule has 0 bridgehead atoms. The Hall–Kier alpha value is -1.64. The lowest BCUT2D eigenvalue weighted by Gasteiger charge is -2.43. The van der Waals surface area contributed by atoms with Crippen LogP contribution in [0.25, 0.3) is 0 Å². The minimum absolute atomic E-state index is 0.00207. The van der Waals surface area contributed by atoms with Crippen LogP contribution in [0, 0.1) is 5.92 Å². The van der Waals surface area contributed by atoms with Crippen molar-refractivity contribution < 1.29 is 19.4 Å². The van der Waals surface area contributed by atoms with Crippen molar-refractivity contribution in [3.8, 4) is 0 Å². The quantitative estimate of drug-likeness (QED) is 0.246. The van der Waals surface area contributed by atoms with Crippen molar-refractivity contribution in [2.75, 3.05) is 13.1 Å². The normalized spacial score (nSPS) is 24.2. The first-order valence-electron chi connectivity index (χ1n) is 13.5. The maximum Gasteiger partial charge on any atom is 0.272 e. The smallest absolute Gasteiger partial charge is 0.272 e. The number of aliphatic hydroxyl groups excluding tert-OH is 1. The van der Waals surface area contributed by atoms with Gasteiger partial charge in [0.25, 0.3) is 9.70 Å². The van der Waals surface area contributed by atoms with Crippen molar-refractivity contribution in [1.29, 1.82) is 0 Å². The highest BCUT2D eigenvalue weighted by molar-refractivity contribution is 6.76. The van der Waals surface area contributed by atoms with Crippen LogP contribution in [0.3, 0.4) is 0 Å². The van der Waals surface area contributed by atoms with Gasteiger partial charge in [-0.3, -0.25) is 9.69 Å². The number of carbonyl (C=O) groups excluding carboxylic acids is 1. The van der Waals surface area contributed by atoms with Crippen LogP contribution in [0.4, 0.5) is 0 Å². The number of nitrogens with zero attached hydrogens (tertiary/aromatic N) is 1. The third-order valence-electron chi connectivity index (χ3n) is 7.70. The number of alkyl halides is 3. The van der Waals surface area contributed by atoms with Crippen LogP contribution in [0.15, 0.2) is 61.2 Å². The van der Waals surface area contributed by atoms with Gasteiger partial charge in [0.1, 0.15) is 0 Å². The van der Waals surface area contributed by atoms with Crippen LogP contribution in [0.5, 0.6) is 0 Å². The fourth-order valence-corrected chi connectivity index (χ4v) is 5.64. The molecule has 9 heteroatoms. The van der Waals surface area contributed by atoms with Gasteiger partial charge in [-0.1, -0.05) is 109 Å². The van der Waals surface area contributed by atoms with E-state index in [0.717, 1.165) is 35.3 Å². The first-order valence-corrected chi connectivity index (χ1v) is 14.6. The molecule has 2 aliphatic rings. The van der Waals surface area contributed by atoms with E-state index in [0.29, 0.717) is 6.04 Å². The molecule has 39 heavy (non-hydrogen) atoms. The van der Waals surface area contributed by atoms with Gasteiger partial charge in [-0.15, -0.1) is 6.58 Å². The highest BCUT2D eigenvalue weighted by atomic mass is 35.6. The topological polar surface area (TPSA) is 71.0 Å². The Labute approximate surface area is 246 Å². The van der Waals surface area contributed by atoms with Gasteiger partial charge in [0, 0.05) is 37.2 Å². The van der Waals surface area contributed by atoms with Gasteiger partial charge < -0.3 is 19.9 Å². The minimum Gasteiger partial charge on any atom is -0.392 e. The predicted octanol–water partition coefficient (Wildman–Crippen LogP) is 6.39. The largest absolute Gasteiger partial charge is 0.392 e. The van der Waals surface area contributed by atoms with Crippen molar-refractivity contribution >= 4 is 40.7 Å². The maximum absolute atomic E-state index is 11.9. The molecular weight excluding hydrogens is 559 g/mol. The molecule has 4 atom stereocenters. The molecule has 0 spiro atoms. The number of benzene rings is 2. The summed E-state index contributed by atoms with van der Waals surface area (Å²) in [6.07, 6.45) is 6.11. The van der Waals surface area contributed by atoms with E-state index in [1.807, 2.05) is 54.6 Å². The van der Waals surface area contributed by atoms with Gasteiger partial charge in [0.05, 0.1) is 18.8 Å². The molecule has 1 heterocycles. The van der Waals surface area contributed by atoms with Crippen LogP contribution in [-0.2, 0) is 27.4 Å². The Kier molecular flexibility index (Phi) is 10.7. The summed E-state index contributed by atoms with van der Waals surface area (Å²) < 4.78 is 11.2. The molecule has 1 saturated heterocycles. The highest BCUT2D eigenvalue weighted by Gasteiger charge is 2.40. The van der Waals surface area contributed by atoms with E-state index in [1.54, 1.807) is 0 Å². The number of carbonyl (C=O) groups is 1. The molecule has 2 N–H and O–H groups in total. The number of halogens is 3. The van der Waals surface area contributed by atoms with Gasteiger partial charge in [-0.25, -0.2) is 0 Å². The molecule has 1 amide bonds. The standard InChI is InChI=1S/C30H37Cl3N2O4/c1-3-16-35(25-6-4-5-7-25)18-26-20(2)27(23-12-10-22(19-36)11-13-23)39-28(38-26)24-14-8-21(9-15-24)17-34-29(37)30(31,32)33/h3,8-15,20,25-28,36H,1,4-7,16-19H2,2H3,(H,34,37). The lowest BCUT2D eigenvalue weighted by atomic mass is 9.89. The van der Waals surface area contributed by atoms with E-state index < -0.39 is 16.0 Å². The van der Waals surface area contributed by atoms with E-state index in [4.69, 9.17) is 44.3 Å². The summed E-state index contributed by atoms with van der Waals surface area (Å²) >= 11 is 16.9. The zero-order valence-electron chi connectivity index (χ0n) is 22.2. The van der Waals surface area contributed by atoms with E-state index in [-0.39, 0.29) is 31.3 Å². The Morgan fingerprint density at radius 3 is 2.26 bits per heavy atom. The van der Waals surface area contributed by atoms with Crippen LogP contribution < -0.4 is 5.32 Å². The van der Waals surface area contributed by atoms with Gasteiger partial charge in [-0.2, -0.15) is 0 Å². The van der Waals surface area contributed by atoms with E-state index in [2.05, 4.69) is 23.7 Å². The second-order valence-corrected chi connectivity index (χ2v) is 12.7. The van der Waals surface area contributed by atoms with Crippen molar-refractivity contribution in [2.45, 2.75) is 74.1 Å². The molecule has 4 rings (SSSR count). The summed E-state index contributed by atoms with van der Waals surface area (Å²) in [7, 11) is 0. The second kappa shape index (κ2) is 13.8. The van der Waals surface area contributed by atoms with Crippen LogP contribution in [0.1, 0.15) is 67.3 Å². The van der Waals surface area contributed by atoms with Crippen molar-refractivity contribution in [3.63, 3.8) is 0 Å². The number of hydrogen-bond donors (Lipinski definition) is 2. The summed E-state index contributed by atoms with van der Waals surface area (Å²) in [6, 6.07) is 16.2. The van der Waals surface area contributed by atoms with Gasteiger partial charge in [0.2, 0.25) is 0 Å². The zero-order chi connectivity index (χ0) is 28.0. The number of hydrogen-bond acceptors (Lipinski definition) is 5. The third-order valence-corrected chi connectivity index (χ3v) is 8.22. The van der Waals surface area contributed by atoms with Crippen molar-refractivity contribution in [1.82, 2.24) is 10.2 Å². The first kappa shape index (κ1) is 30.3. The Morgan fingerprint density at radius 2 is 1.67 bits per heavy atom. The third kappa shape index (κ3) is 7.98. The Morgan fingerprint density at radius 1 is 1.05 bits per heavy atom. The van der Waals surface area contributed by atoms with Gasteiger partial charge >= 0.3 is 0 Å². The van der Waals surface area contributed by atoms with E-state index in [9.17, 15) is 9.90 Å². The fourth-order valence-electron chi connectivity index (χ4n) is 5.44. The summed E-state index contributed by atoms with van der Waals surface area (Å²) in [5.41, 5.74) is 3.66. The average Bonchev–Trinajstić information content (AvgIpc) is 3.47. The van der Waals surface area contributed by atoms with Crippen LogP contribution in [-0.4, -0.2) is 44.9 Å². The molecule has 1 aliphatic carbocycles. The van der Waals surface area contributed by atoms with Crippen molar-refractivity contribution in [2.24, 2.45) is 5.92 Å². The monoisotopic (exact) mass is 594 g/mol. The molecule has 1 saturated carbocycles. The van der Waals surface area contributed by atoms with Crippen LogP contribution in [0.2, 0.25) is 0 Å². The molecule has 4 unspecified atom stereocenters. The zero-order valence-corrected chi connectivity index (χ0v) is 24.5. The molecule has 6 nitrogen and oxygen atoms in total. The number of amides is 1. The molecule has 0 radical (unpaired) electrons. The summed E-state index contributed by atoms with van der Waals surface area (Å²) in [5.74, 6) is -0.569. The Bertz CT molecular complexity index is 1080. The molecule has 1 aliphatic heterocycles. The number of rotatable bonds is 10. The molecule has 0 aromatic heterocycles. The second-order valence-electron chi connectivity index (χ2n) is 10.4. The van der Waals surface area contributed by atoms with E-state index in [1.165, 1.54) is 25.7 Å². The summed E-state index contributed by atoms with van der Waals surface area (Å²) in [4.78, 5) is 14.4.